The molecule has 1 aliphatic rings. The second-order valence-electron chi connectivity index (χ2n) is 5.61. The minimum atomic E-state index is 0.00346. The lowest BCUT2D eigenvalue weighted by atomic mass is 10.1. The predicted molar refractivity (Wildman–Crippen MR) is 83.9 cm³/mol. The van der Waals surface area contributed by atoms with Crippen molar-refractivity contribution in [2.45, 2.75) is 33.1 Å². The van der Waals surface area contributed by atoms with E-state index in [0.29, 0.717) is 12.5 Å². The van der Waals surface area contributed by atoms with Gasteiger partial charge in [0.15, 0.2) is 0 Å². The molecule has 2 heterocycles. The van der Waals surface area contributed by atoms with E-state index < -0.39 is 0 Å². The maximum absolute atomic E-state index is 12.2. The molecular weight excluding hydrogens is 268 g/mol. The van der Waals surface area contributed by atoms with Crippen molar-refractivity contribution >= 4 is 5.95 Å². The van der Waals surface area contributed by atoms with Crippen molar-refractivity contribution in [1.29, 1.82) is 0 Å². The number of aliphatic hydroxyl groups is 1. The molecule has 0 bridgehead atoms. The summed E-state index contributed by atoms with van der Waals surface area (Å²) < 4.78 is 0. The molecule has 0 unspecified atom stereocenters. The molecule has 0 atom stereocenters. The van der Waals surface area contributed by atoms with Crippen LogP contribution in [0.1, 0.15) is 31.0 Å². The fourth-order valence-electron chi connectivity index (χ4n) is 2.72. The van der Waals surface area contributed by atoms with Gasteiger partial charge in [-0.15, -0.1) is 0 Å². The summed E-state index contributed by atoms with van der Waals surface area (Å²) in [5, 5.41) is 8.96. The zero-order chi connectivity index (χ0) is 15.2. The van der Waals surface area contributed by atoms with Crippen molar-refractivity contribution in [3.05, 3.63) is 21.6 Å². The van der Waals surface area contributed by atoms with E-state index in [1.807, 2.05) is 6.92 Å². The molecular formula is C15H26N4O2. The Bertz CT molecular complexity index is 507. The monoisotopic (exact) mass is 294 g/mol. The molecule has 1 aromatic rings. The van der Waals surface area contributed by atoms with Crippen LogP contribution in [0.5, 0.6) is 0 Å². The number of aromatic nitrogens is 2. The van der Waals surface area contributed by atoms with Crippen LogP contribution in [0.15, 0.2) is 4.79 Å². The third-order valence-corrected chi connectivity index (χ3v) is 4.08. The summed E-state index contributed by atoms with van der Waals surface area (Å²) in [4.78, 5) is 24.1. The van der Waals surface area contributed by atoms with Crippen LogP contribution in [0.25, 0.3) is 0 Å². The first-order valence-corrected chi connectivity index (χ1v) is 7.83. The number of nitrogens with zero attached hydrogens (tertiary/aromatic N) is 3. The van der Waals surface area contributed by atoms with E-state index >= 15 is 0 Å². The average molecular weight is 294 g/mol. The lowest BCUT2D eigenvalue weighted by molar-refractivity contribution is 0.188. The van der Waals surface area contributed by atoms with Gasteiger partial charge in [-0.25, -0.2) is 4.98 Å². The number of nitrogens with one attached hydrogen (secondary N) is 1. The Balaban J connectivity index is 2.06. The summed E-state index contributed by atoms with van der Waals surface area (Å²) in [5.74, 6) is 0.682. The number of rotatable bonds is 6. The molecule has 1 aromatic heterocycles. The Labute approximate surface area is 125 Å². The van der Waals surface area contributed by atoms with Gasteiger partial charge in [0, 0.05) is 44.0 Å². The van der Waals surface area contributed by atoms with Crippen LogP contribution in [0.3, 0.4) is 0 Å². The van der Waals surface area contributed by atoms with E-state index in [2.05, 4.69) is 26.7 Å². The molecule has 0 radical (unpaired) electrons. The predicted octanol–water partition coefficient (Wildman–Crippen LogP) is 0.535. The van der Waals surface area contributed by atoms with Crippen LogP contribution in [-0.2, 0) is 6.42 Å². The van der Waals surface area contributed by atoms with Crippen molar-refractivity contribution in [2.24, 2.45) is 0 Å². The zero-order valence-corrected chi connectivity index (χ0v) is 13.1. The SMILES string of the molecule is CCCCc1c(C)nc(N2CCN(CCO)CC2)[nH]c1=O. The molecule has 0 aliphatic carbocycles. The Morgan fingerprint density at radius 1 is 1.29 bits per heavy atom. The quantitative estimate of drug-likeness (QED) is 0.801. The van der Waals surface area contributed by atoms with Gasteiger partial charge in [0.05, 0.1) is 6.61 Å². The Morgan fingerprint density at radius 3 is 2.57 bits per heavy atom. The molecule has 2 N–H and O–H groups in total. The van der Waals surface area contributed by atoms with Crippen molar-refractivity contribution in [3.8, 4) is 0 Å². The molecule has 1 saturated heterocycles. The highest BCUT2D eigenvalue weighted by atomic mass is 16.3. The molecule has 0 saturated carbocycles. The number of anilines is 1. The highest BCUT2D eigenvalue weighted by Crippen LogP contribution is 2.12. The minimum absolute atomic E-state index is 0.00346. The Hall–Kier alpha value is -1.40. The van der Waals surface area contributed by atoms with Gasteiger partial charge in [0.2, 0.25) is 5.95 Å². The average Bonchev–Trinajstić information content (AvgIpc) is 2.47. The summed E-state index contributed by atoms with van der Waals surface area (Å²) >= 11 is 0. The molecule has 2 rings (SSSR count). The largest absolute Gasteiger partial charge is 0.395 e. The van der Waals surface area contributed by atoms with Gasteiger partial charge < -0.3 is 10.0 Å². The van der Waals surface area contributed by atoms with Gasteiger partial charge in [-0.05, 0) is 19.8 Å². The van der Waals surface area contributed by atoms with Crippen molar-refractivity contribution in [1.82, 2.24) is 14.9 Å². The number of aliphatic hydroxyl groups excluding tert-OH is 1. The number of H-pyrrole nitrogens is 1. The Morgan fingerprint density at radius 2 is 2.00 bits per heavy atom. The first-order chi connectivity index (χ1) is 10.2. The molecule has 6 heteroatoms. The highest BCUT2D eigenvalue weighted by molar-refractivity contribution is 5.33. The van der Waals surface area contributed by atoms with E-state index in [0.717, 1.165) is 56.7 Å². The second-order valence-corrected chi connectivity index (χ2v) is 5.61. The number of hydrogen-bond donors (Lipinski definition) is 2. The summed E-state index contributed by atoms with van der Waals surface area (Å²) in [6.07, 6.45) is 2.90. The number of unbranched alkanes of at least 4 members (excludes halogenated alkanes) is 1. The van der Waals surface area contributed by atoms with E-state index in [9.17, 15) is 4.79 Å². The molecule has 0 amide bonds. The smallest absolute Gasteiger partial charge is 0.255 e. The number of aromatic amines is 1. The van der Waals surface area contributed by atoms with Crippen LogP contribution in [-0.4, -0.2) is 59.3 Å². The molecule has 1 fully saturated rings. The fraction of sp³-hybridized carbons (Fsp3) is 0.733. The molecule has 0 aromatic carbocycles. The summed E-state index contributed by atoms with van der Waals surface area (Å²) in [7, 11) is 0. The van der Waals surface area contributed by atoms with Crippen LogP contribution in [0.4, 0.5) is 5.95 Å². The van der Waals surface area contributed by atoms with Crippen molar-refractivity contribution in [3.63, 3.8) is 0 Å². The van der Waals surface area contributed by atoms with Crippen molar-refractivity contribution < 1.29 is 5.11 Å². The highest BCUT2D eigenvalue weighted by Gasteiger charge is 2.19. The van der Waals surface area contributed by atoms with Crippen LogP contribution in [0.2, 0.25) is 0 Å². The number of aryl methyl sites for hydroxylation is 1. The third kappa shape index (κ3) is 4.04. The van der Waals surface area contributed by atoms with Crippen LogP contribution >= 0.6 is 0 Å². The van der Waals surface area contributed by atoms with E-state index in [-0.39, 0.29) is 12.2 Å². The fourth-order valence-corrected chi connectivity index (χ4v) is 2.72. The van der Waals surface area contributed by atoms with Gasteiger partial charge in [0.1, 0.15) is 0 Å². The molecule has 0 spiro atoms. The van der Waals surface area contributed by atoms with Gasteiger partial charge in [0.25, 0.3) is 5.56 Å². The Kier molecular flexibility index (Phi) is 5.76. The molecule has 1 aliphatic heterocycles. The first-order valence-electron chi connectivity index (χ1n) is 7.83. The van der Waals surface area contributed by atoms with E-state index in [4.69, 9.17) is 5.11 Å². The summed E-state index contributed by atoms with van der Waals surface area (Å²) in [6.45, 7) is 8.39. The normalized spacial score (nSPS) is 16.4. The third-order valence-electron chi connectivity index (χ3n) is 4.08. The first kappa shape index (κ1) is 16.0. The van der Waals surface area contributed by atoms with E-state index in [1.165, 1.54) is 0 Å². The van der Waals surface area contributed by atoms with Gasteiger partial charge in [-0.3, -0.25) is 14.7 Å². The number of β-amino-alcohol motifs (C(OH)–C–C–N with tert-alkyl or cyclic N) is 1. The minimum Gasteiger partial charge on any atom is -0.395 e. The molecule has 6 nitrogen and oxygen atoms in total. The molecule has 118 valence electrons. The maximum Gasteiger partial charge on any atom is 0.255 e. The summed E-state index contributed by atoms with van der Waals surface area (Å²) in [6, 6.07) is 0. The summed E-state index contributed by atoms with van der Waals surface area (Å²) in [5.41, 5.74) is 1.67. The lowest BCUT2D eigenvalue weighted by Gasteiger charge is -2.34. The van der Waals surface area contributed by atoms with Gasteiger partial charge >= 0.3 is 0 Å². The van der Waals surface area contributed by atoms with E-state index in [1.54, 1.807) is 0 Å². The van der Waals surface area contributed by atoms with Gasteiger partial charge in [-0.1, -0.05) is 13.3 Å². The van der Waals surface area contributed by atoms with Crippen LogP contribution < -0.4 is 10.5 Å². The van der Waals surface area contributed by atoms with Gasteiger partial charge in [-0.2, -0.15) is 0 Å². The standard InChI is InChI=1S/C15H26N4O2/c1-3-4-5-13-12(2)16-15(17-14(13)21)19-8-6-18(7-9-19)10-11-20/h20H,3-11H2,1-2H3,(H,16,17,21). The van der Waals surface area contributed by atoms with Crippen molar-refractivity contribution in [2.75, 3.05) is 44.2 Å². The molecule has 21 heavy (non-hydrogen) atoms. The topological polar surface area (TPSA) is 72.5 Å². The van der Waals surface area contributed by atoms with Crippen LogP contribution in [0, 0.1) is 6.92 Å². The lowest BCUT2D eigenvalue weighted by Crippen LogP contribution is -2.48. The number of piperazine rings is 1. The maximum atomic E-state index is 12.2. The number of hydrogen-bond acceptors (Lipinski definition) is 5. The zero-order valence-electron chi connectivity index (χ0n) is 13.1. The second kappa shape index (κ2) is 7.56.